The van der Waals surface area contributed by atoms with Crippen molar-refractivity contribution < 1.29 is 14.6 Å². The van der Waals surface area contributed by atoms with E-state index in [2.05, 4.69) is 35.8 Å². The van der Waals surface area contributed by atoms with Gasteiger partial charge in [0.25, 0.3) is 0 Å². The van der Waals surface area contributed by atoms with Gasteiger partial charge in [-0.1, -0.05) is 6.07 Å². The highest BCUT2D eigenvalue weighted by Crippen LogP contribution is 2.41. The number of rotatable bonds is 4. The molecule has 0 saturated heterocycles. The number of aliphatic carboxylic acids is 1. The molecule has 4 heteroatoms. The van der Waals surface area contributed by atoms with Gasteiger partial charge < -0.3 is 9.84 Å². The van der Waals surface area contributed by atoms with Crippen LogP contribution in [-0.4, -0.2) is 16.7 Å². The molecule has 1 aliphatic heterocycles. The zero-order chi connectivity index (χ0) is 13.3. The average molecular weight is 313 g/mol. The van der Waals surface area contributed by atoms with Crippen molar-refractivity contribution in [2.45, 2.75) is 45.1 Å². The summed E-state index contributed by atoms with van der Waals surface area (Å²) in [5, 5.41) is 8.64. The van der Waals surface area contributed by atoms with Gasteiger partial charge in [-0.05, 0) is 59.8 Å². The summed E-state index contributed by atoms with van der Waals surface area (Å²) < 4.78 is 6.85. The Morgan fingerprint density at radius 3 is 2.89 bits per heavy atom. The van der Waals surface area contributed by atoms with Crippen molar-refractivity contribution >= 4 is 21.9 Å². The number of halogens is 1. The lowest BCUT2D eigenvalue weighted by Gasteiger charge is -2.17. The minimum Gasteiger partial charge on any atom is -0.486 e. The maximum atomic E-state index is 10.5. The number of hydrogen-bond acceptors (Lipinski definition) is 2. The smallest absolute Gasteiger partial charge is 0.303 e. The number of benzene rings is 1. The fourth-order valence-electron chi connectivity index (χ4n) is 2.32. The third-order valence-corrected chi connectivity index (χ3v) is 3.62. The Labute approximate surface area is 115 Å². The van der Waals surface area contributed by atoms with Crippen molar-refractivity contribution in [3.05, 3.63) is 27.7 Å². The van der Waals surface area contributed by atoms with E-state index in [1.807, 2.05) is 6.07 Å². The fraction of sp³-hybridized carbons (Fsp3) is 0.500. The summed E-state index contributed by atoms with van der Waals surface area (Å²) in [5.41, 5.74) is 2.23. The molecule has 0 amide bonds. The molecule has 0 saturated carbocycles. The highest BCUT2D eigenvalue weighted by Gasteiger charge is 2.31. The Bertz CT molecular complexity index is 480. The van der Waals surface area contributed by atoms with Crippen molar-refractivity contribution in [2.75, 3.05) is 0 Å². The fourth-order valence-corrected chi connectivity index (χ4v) is 2.95. The van der Waals surface area contributed by atoms with Gasteiger partial charge in [0.2, 0.25) is 0 Å². The molecule has 1 heterocycles. The quantitative estimate of drug-likeness (QED) is 0.924. The van der Waals surface area contributed by atoms with E-state index in [9.17, 15) is 4.79 Å². The monoisotopic (exact) mass is 312 g/mol. The van der Waals surface area contributed by atoms with E-state index in [0.717, 1.165) is 23.1 Å². The molecule has 3 nitrogen and oxygen atoms in total. The Balaban J connectivity index is 2.12. The summed E-state index contributed by atoms with van der Waals surface area (Å²) in [4.78, 5) is 10.5. The minimum atomic E-state index is -0.736. The van der Waals surface area contributed by atoms with Crippen LogP contribution >= 0.6 is 15.9 Å². The number of carboxylic acid groups (broad SMARTS) is 1. The third-order valence-electron chi connectivity index (χ3n) is 3.03. The molecule has 98 valence electrons. The Morgan fingerprint density at radius 1 is 1.50 bits per heavy atom. The first-order valence-electron chi connectivity index (χ1n) is 6.09. The van der Waals surface area contributed by atoms with E-state index in [0.29, 0.717) is 6.42 Å². The van der Waals surface area contributed by atoms with Crippen LogP contribution in [0.1, 0.15) is 37.8 Å². The summed E-state index contributed by atoms with van der Waals surface area (Å²) in [7, 11) is 0. The van der Waals surface area contributed by atoms with Crippen LogP contribution in [-0.2, 0) is 17.6 Å². The van der Waals surface area contributed by atoms with Gasteiger partial charge >= 0.3 is 5.97 Å². The summed E-state index contributed by atoms with van der Waals surface area (Å²) in [6, 6.07) is 4.17. The lowest BCUT2D eigenvalue weighted by atomic mass is 9.98. The van der Waals surface area contributed by atoms with E-state index in [4.69, 9.17) is 9.84 Å². The zero-order valence-corrected chi connectivity index (χ0v) is 12.2. The van der Waals surface area contributed by atoms with Crippen LogP contribution in [0, 0.1) is 0 Å². The number of carboxylic acids is 1. The number of carbonyl (C=O) groups is 1. The van der Waals surface area contributed by atoms with Gasteiger partial charge in [0, 0.05) is 12.8 Å². The molecule has 1 N–H and O–H groups in total. The second kappa shape index (κ2) is 4.92. The topological polar surface area (TPSA) is 46.5 Å². The van der Waals surface area contributed by atoms with Crippen LogP contribution in [0.3, 0.4) is 0 Å². The summed E-state index contributed by atoms with van der Waals surface area (Å²) in [6.45, 7) is 4.15. The van der Waals surface area contributed by atoms with E-state index >= 15 is 0 Å². The van der Waals surface area contributed by atoms with Gasteiger partial charge in [-0.15, -0.1) is 0 Å². The van der Waals surface area contributed by atoms with E-state index in [1.54, 1.807) is 0 Å². The second-order valence-electron chi connectivity index (χ2n) is 5.35. The minimum absolute atomic E-state index is 0.148. The Kier molecular flexibility index (Phi) is 3.66. The predicted molar refractivity (Wildman–Crippen MR) is 73.1 cm³/mol. The van der Waals surface area contributed by atoms with Crippen LogP contribution in [0.5, 0.6) is 5.75 Å². The van der Waals surface area contributed by atoms with E-state index in [1.165, 1.54) is 11.1 Å². The molecule has 1 aromatic rings. The van der Waals surface area contributed by atoms with Crippen LogP contribution < -0.4 is 4.74 Å². The molecule has 0 aliphatic carbocycles. The van der Waals surface area contributed by atoms with Gasteiger partial charge in [-0.2, -0.15) is 0 Å². The third kappa shape index (κ3) is 3.05. The number of ether oxygens (including phenoxy) is 1. The Morgan fingerprint density at radius 2 is 2.22 bits per heavy atom. The molecule has 0 unspecified atom stereocenters. The normalized spacial score (nSPS) is 16.2. The molecule has 0 atom stereocenters. The number of hydrogen-bond donors (Lipinski definition) is 1. The molecule has 0 radical (unpaired) electrons. The van der Waals surface area contributed by atoms with Crippen molar-refractivity contribution in [1.29, 1.82) is 0 Å². The standard InChI is InChI=1S/C14H17BrO3/c1-14(2)8-10-6-9(4-3-5-12(16)17)7-11(15)13(10)18-14/h6-7H,3-5,8H2,1-2H3,(H,16,17). The summed E-state index contributed by atoms with van der Waals surface area (Å²) >= 11 is 3.53. The van der Waals surface area contributed by atoms with E-state index < -0.39 is 5.97 Å². The lowest BCUT2D eigenvalue weighted by molar-refractivity contribution is -0.137. The predicted octanol–water partition coefficient (Wildman–Crippen LogP) is 3.57. The van der Waals surface area contributed by atoms with Crippen molar-refractivity contribution in [3.8, 4) is 5.75 Å². The summed E-state index contributed by atoms with van der Waals surface area (Å²) in [6.07, 6.45) is 2.58. The highest BCUT2D eigenvalue weighted by molar-refractivity contribution is 9.10. The SMILES string of the molecule is CC1(C)Cc2cc(CCCC(=O)O)cc(Br)c2O1. The van der Waals surface area contributed by atoms with Gasteiger partial charge in [0.15, 0.2) is 0 Å². The van der Waals surface area contributed by atoms with E-state index in [-0.39, 0.29) is 12.0 Å². The van der Waals surface area contributed by atoms with Crippen LogP contribution in [0.15, 0.2) is 16.6 Å². The second-order valence-corrected chi connectivity index (χ2v) is 6.21. The first-order chi connectivity index (χ1) is 8.37. The van der Waals surface area contributed by atoms with Crippen molar-refractivity contribution in [2.24, 2.45) is 0 Å². The molecule has 0 fully saturated rings. The van der Waals surface area contributed by atoms with Gasteiger partial charge in [0.05, 0.1) is 4.47 Å². The summed E-state index contributed by atoms with van der Waals surface area (Å²) in [5.74, 6) is 0.196. The number of aryl methyl sites for hydroxylation is 1. The Hall–Kier alpha value is -1.03. The molecule has 2 rings (SSSR count). The molecule has 0 bridgehead atoms. The van der Waals surface area contributed by atoms with Gasteiger partial charge in [0.1, 0.15) is 11.4 Å². The molecular formula is C14H17BrO3. The van der Waals surface area contributed by atoms with Gasteiger partial charge in [-0.25, -0.2) is 0 Å². The molecule has 0 spiro atoms. The lowest BCUT2D eigenvalue weighted by Crippen LogP contribution is -2.24. The molecule has 1 aliphatic rings. The average Bonchev–Trinajstić information content (AvgIpc) is 2.52. The molecular weight excluding hydrogens is 296 g/mol. The maximum Gasteiger partial charge on any atom is 0.303 e. The highest BCUT2D eigenvalue weighted by atomic mass is 79.9. The van der Waals surface area contributed by atoms with Crippen LogP contribution in [0.4, 0.5) is 0 Å². The van der Waals surface area contributed by atoms with Gasteiger partial charge in [-0.3, -0.25) is 4.79 Å². The first-order valence-corrected chi connectivity index (χ1v) is 6.89. The number of fused-ring (bicyclic) bond motifs is 1. The first kappa shape index (κ1) is 13.4. The maximum absolute atomic E-state index is 10.5. The zero-order valence-electron chi connectivity index (χ0n) is 10.6. The van der Waals surface area contributed by atoms with Crippen molar-refractivity contribution in [3.63, 3.8) is 0 Å². The molecule has 1 aromatic carbocycles. The van der Waals surface area contributed by atoms with Crippen LogP contribution in [0.25, 0.3) is 0 Å². The molecule has 18 heavy (non-hydrogen) atoms. The van der Waals surface area contributed by atoms with Crippen LogP contribution in [0.2, 0.25) is 0 Å². The largest absolute Gasteiger partial charge is 0.486 e. The molecule has 0 aromatic heterocycles. The van der Waals surface area contributed by atoms with Crippen molar-refractivity contribution in [1.82, 2.24) is 0 Å².